The number of carboxylic acids is 1. The van der Waals surface area contributed by atoms with Gasteiger partial charge < -0.3 is 9.84 Å². The van der Waals surface area contributed by atoms with Crippen molar-refractivity contribution < 1.29 is 28.0 Å². The van der Waals surface area contributed by atoms with E-state index in [2.05, 4.69) is 12.8 Å². The third-order valence-electron chi connectivity index (χ3n) is 5.21. The van der Waals surface area contributed by atoms with Crippen LogP contribution in [-0.2, 0) is 16.6 Å². The number of non-ortho nitro benzene ring substituents is 1. The molecule has 0 spiro atoms. The Balaban J connectivity index is 1.51. The van der Waals surface area contributed by atoms with Crippen molar-refractivity contribution in [1.82, 2.24) is 3.82 Å². The monoisotopic (exact) mass is 513 g/mol. The number of sulfonamides is 1. The lowest BCUT2D eigenvalue weighted by molar-refractivity contribution is -0.384. The topological polar surface area (TPSA) is 130 Å². The van der Waals surface area contributed by atoms with Crippen molar-refractivity contribution in [2.75, 3.05) is 11.6 Å². The van der Waals surface area contributed by atoms with Gasteiger partial charge in [-0.05, 0) is 53.6 Å². The Kier molecular flexibility index (Phi) is 6.78. The molecular formula is C23H19N3O7S2. The first-order valence-corrected chi connectivity index (χ1v) is 12.0. The number of carbonyl (C=O) groups is 1. The molecule has 0 atom stereocenters. The zero-order valence-electron chi connectivity index (χ0n) is 18.0. The lowest BCUT2D eigenvalue weighted by Gasteiger charge is -2.21. The van der Waals surface area contributed by atoms with Crippen molar-refractivity contribution in [3.63, 3.8) is 0 Å². The van der Waals surface area contributed by atoms with Crippen molar-refractivity contribution in [2.45, 2.75) is 6.61 Å². The molecule has 1 saturated heterocycles. The summed E-state index contributed by atoms with van der Waals surface area (Å²) in [6.45, 7) is 0.196. The number of hydrazine groups is 1. The molecule has 3 aromatic carbocycles. The highest BCUT2D eigenvalue weighted by atomic mass is 32.3. The molecule has 0 aromatic heterocycles. The minimum absolute atomic E-state index is 0.00927. The maximum absolute atomic E-state index is 12.9. The number of rotatable bonds is 7. The zero-order valence-corrected chi connectivity index (χ0v) is 19.7. The van der Waals surface area contributed by atoms with Crippen LogP contribution in [0, 0.1) is 10.1 Å². The van der Waals surface area contributed by atoms with Crippen LogP contribution in [0.5, 0.6) is 5.75 Å². The van der Waals surface area contributed by atoms with E-state index in [0.717, 1.165) is 9.38 Å². The molecule has 0 saturated carbocycles. The molecule has 1 heterocycles. The van der Waals surface area contributed by atoms with Crippen molar-refractivity contribution >= 4 is 46.3 Å². The number of hydrogen-bond donors (Lipinski definition) is 2. The van der Waals surface area contributed by atoms with Gasteiger partial charge in [-0.1, -0.05) is 40.9 Å². The van der Waals surface area contributed by atoms with Crippen molar-refractivity contribution in [3.05, 3.63) is 105 Å². The van der Waals surface area contributed by atoms with Crippen LogP contribution in [0.1, 0.15) is 21.5 Å². The Bertz CT molecular complexity index is 1410. The highest BCUT2D eigenvalue weighted by Crippen LogP contribution is 2.34. The number of nitrogens with zero attached hydrogens (tertiary/aromatic N) is 3. The molecule has 0 bridgehead atoms. The third kappa shape index (κ3) is 5.29. The maximum atomic E-state index is 12.9. The second kappa shape index (κ2) is 9.78. The van der Waals surface area contributed by atoms with Gasteiger partial charge in [0.15, 0.2) is 0 Å². The standard InChI is InChI=1S/C23H19N3O7S2/c27-23(28)18-6-4-16(5-7-18)15-33-21-3-1-2-17(12-21)13-22-14-24(26(34)35(22,31)32)19-8-10-20(11-9-19)25(29)30/h1-13,34H,14-15H2,(H,27,28)/b22-13-. The molecule has 1 aliphatic heterocycles. The van der Waals surface area contributed by atoms with Gasteiger partial charge in [-0.15, -0.1) is 0 Å². The minimum atomic E-state index is -3.91. The second-order valence-corrected chi connectivity index (χ2v) is 10.0. The summed E-state index contributed by atoms with van der Waals surface area (Å²) in [5.74, 6) is -0.501. The van der Waals surface area contributed by atoms with Gasteiger partial charge in [0.1, 0.15) is 12.4 Å². The molecule has 1 fully saturated rings. The summed E-state index contributed by atoms with van der Waals surface area (Å²) in [5.41, 5.74) is 1.88. The summed E-state index contributed by atoms with van der Waals surface area (Å²) >= 11 is 4.12. The average Bonchev–Trinajstić information content (AvgIpc) is 3.07. The summed E-state index contributed by atoms with van der Waals surface area (Å²) in [6, 6.07) is 18.7. The number of nitro benzene ring substituents is 1. The van der Waals surface area contributed by atoms with Crippen LogP contribution in [0.4, 0.5) is 11.4 Å². The van der Waals surface area contributed by atoms with Crippen LogP contribution in [0.25, 0.3) is 6.08 Å². The molecule has 10 nitrogen and oxygen atoms in total. The molecule has 0 unspecified atom stereocenters. The molecular weight excluding hydrogens is 494 g/mol. The van der Waals surface area contributed by atoms with Crippen LogP contribution < -0.4 is 9.75 Å². The highest BCUT2D eigenvalue weighted by molar-refractivity contribution is 8.02. The van der Waals surface area contributed by atoms with E-state index >= 15 is 0 Å². The van der Waals surface area contributed by atoms with Gasteiger partial charge in [-0.2, -0.15) is 0 Å². The predicted octanol–water partition coefficient (Wildman–Crippen LogP) is 4.12. The van der Waals surface area contributed by atoms with Crippen LogP contribution in [0.3, 0.4) is 0 Å². The number of nitro groups is 1. The first-order chi connectivity index (χ1) is 16.6. The van der Waals surface area contributed by atoms with Crippen LogP contribution in [0.15, 0.2) is 77.7 Å². The number of carboxylic acid groups (broad SMARTS) is 1. The van der Waals surface area contributed by atoms with Crippen LogP contribution in [-0.4, -0.2) is 34.8 Å². The molecule has 0 radical (unpaired) electrons. The summed E-state index contributed by atoms with van der Waals surface area (Å²) < 4.78 is 32.4. The van der Waals surface area contributed by atoms with E-state index in [1.807, 2.05) is 0 Å². The Morgan fingerprint density at radius 3 is 2.43 bits per heavy atom. The average molecular weight is 514 g/mol. The van der Waals surface area contributed by atoms with E-state index in [1.54, 1.807) is 36.4 Å². The fourth-order valence-electron chi connectivity index (χ4n) is 3.37. The lowest BCUT2D eigenvalue weighted by atomic mass is 10.1. The highest BCUT2D eigenvalue weighted by Gasteiger charge is 2.39. The summed E-state index contributed by atoms with van der Waals surface area (Å²) in [7, 11) is -3.91. The second-order valence-electron chi connectivity index (χ2n) is 7.53. The first-order valence-electron chi connectivity index (χ1n) is 10.2. The fraction of sp³-hybridized carbons (Fsp3) is 0.0870. The Hall–Kier alpha value is -3.87. The molecule has 12 heteroatoms. The van der Waals surface area contributed by atoms with Crippen molar-refractivity contribution in [3.8, 4) is 5.75 Å². The van der Waals surface area contributed by atoms with Gasteiger partial charge in [0.2, 0.25) is 0 Å². The number of anilines is 1. The van der Waals surface area contributed by atoms with Gasteiger partial charge in [-0.25, -0.2) is 13.2 Å². The first kappa shape index (κ1) is 24.3. The molecule has 3 aromatic rings. The molecule has 4 rings (SSSR count). The Labute approximate surface area is 206 Å². The normalized spacial score (nSPS) is 16.4. The molecule has 180 valence electrons. The van der Waals surface area contributed by atoms with Crippen LogP contribution in [0.2, 0.25) is 0 Å². The lowest BCUT2D eigenvalue weighted by Crippen LogP contribution is -2.31. The zero-order chi connectivity index (χ0) is 25.2. The number of benzene rings is 3. The van der Waals surface area contributed by atoms with Gasteiger partial charge in [0.25, 0.3) is 15.7 Å². The predicted molar refractivity (Wildman–Crippen MR) is 132 cm³/mol. The molecule has 1 aliphatic rings. The van der Waals surface area contributed by atoms with E-state index in [1.165, 1.54) is 47.5 Å². The third-order valence-corrected chi connectivity index (χ3v) is 7.61. The number of ether oxygens (including phenoxy) is 1. The van der Waals surface area contributed by atoms with Gasteiger partial charge >= 0.3 is 5.97 Å². The van der Waals surface area contributed by atoms with Gasteiger partial charge in [-0.3, -0.25) is 15.1 Å². The van der Waals surface area contributed by atoms with Crippen LogP contribution >= 0.6 is 12.8 Å². The van der Waals surface area contributed by atoms with E-state index in [9.17, 15) is 23.3 Å². The van der Waals surface area contributed by atoms with E-state index < -0.39 is 20.9 Å². The molecule has 0 aliphatic carbocycles. The Morgan fingerprint density at radius 1 is 1.11 bits per heavy atom. The van der Waals surface area contributed by atoms with Gasteiger partial charge in [0, 0.05) is 12.1 Å². The molecule has 35 heavy (non-hydrogen) atoms. The molecule has 1 N–H and O–H groups in total. The quantitative estimate of drug-likeness (QED) is 0.274. The number of aromatic carboxylic acids is 1. The van der Waals surface area contributed by atoms with Gasteiger partial charge in [0.05, 0.1) is 27.6 Å². The summed E-state index contributed by atoms with van der Waals surface area (Å²) in [4.78, 5) is 21.4. The van der Waals surface area contributed by atoms with Crippen molar-refractivity contribution in [2.24, 2.45) is 0 Å². The van der Waals surface area contributed by atoms with E-state index in [4.69, 9.17) is 9.84 Å². The van der Waals surface area contributed by atoms with E-state index in [0.29, 0.717) is 17.0 Å². The summed E-state index contributed by atoms with van der Waals surface area (Å²) in [6.07, 6.45) is 1.51. The largest absolute Gasteiger partial charge is 0.489 e. The smallest absolute Gasteiger partial charge is 0.335 e. The molecule has 0 amide bonds. The fourth-order valence-corrected chi connectivity index (χ4v) is 5.04. The Morgan fingerprint density at radius 2 is 1.80 bits per heavy atom. The summed E-state index contributed by atoms with van der Waals surface area (Å²) in [5, 5.41) is 21.2. The minimum Gasteiger partial charge on any atom is -0.489 e. The maximum Gasteiger partial charge on any atom is 0.335 e. The number of thiol groups is 1. The van der Waals surface area contributed by atoms with Crippen molar-refractivity contribution in [1.29, 1.82) is 0 Å². The van der Waals surface area contributed by atoms with E-state index in [-0.39, 0.29) is 29.3 Å². The number of hydrogen-bond acceptors (Lipinski definition) is 8. The SMILES string of the molecule is O=C(O)c1ccc(COc2cccc(/C=C3/CN(c4ccc([N+](=O)[O-])cc4)N(S)S3(=O)=O)c2)cc1.